The molecule has 0 aliphatic heterocycles. The lowest BCUT2D eigenvalue weighted by atomic mass is 9.78. The Hall–Kier alpha value is -7.70. The maximum Gasteiger partial charge on any atom is 0.513 e. The molecule has 0 saturated carbocycles. The number of anilines is 6. The van der Waals surface area contributed by atoms with Gasteiger partial charge in [-0.2, -0.15) is 0 Å². The summed E-state index contributed by atoms with van der Waals surface area (Å²) in [4.78, 5) is 29.7. The van der Waals surface area contributed by atoms with Crippen LogP contribution in [0.15, 0.2) is 206 Å². The third kappa shape index (κ3) is 8.85. The second-order valence-corrected chi connectivity index (χ2v) is 15.4. The van der Waals surface area contributed by atoms with E-state index >= 15 is 0 Å². The summed E-state index contributed by atoms with van der Waals surface area (Å²) in [6, 6.07) is 69.6. The van der Waals surface area contributed by atoms with E-state index in [9.17, 15) is 9.59 Å². The maximum atomic E-state index is 13.8. The van der Waals surface area contributed by atoms with Gasteiger partial charge < -0.3 is 19.3 Å². The SMILES string of the molecule is COC(=O)Oc1ccc(C(C)(C)c2ccc(C(=O)c3ccc(N(c4ccccc4)c4ccc(-c5ccc(N(c6ccccc6)c6ccc(C)cc6)cc5)cc4)cc3)cc2)cc1. The van der Waals surface area contributed by atoms with E-state index in [0.29, 0.717) is 16.9 Å². The topological polar surface area (TPSA) is 59.1 Å². The Labute approximate surface area is 357 Å². The van der Waals surface area contributed by atoms with Crippen LogP contribution >= 0.6 is 0 Å². The van der Waals surface area contributed by atoms with Crippen molar-refractivity contribution in [1.82, 2.24) is 0 Å². The molecule has 8 aromatic rings. The summed E-state index contributed by atoms with van der Waals surface area (Å²) < 4.78 is 9.72. The number of benzene rings is 8. The molecule has 0 aliphatic rings. The molecular weight excluding hydrogens is 753 g/mol. The summed E-state index contributed by atoms with van der Waals surface area (Å²) in [5.41, 5.74) is 12.7. The summed E-state index contributed by atoms with van der Waals surface area (Å²) in [6.07, 6.45) is -0.759. The molecule has 0 radical (unpaired) electrons. The molecule has 0 fully saturated rings. The van der Waals surface area contributed by atoms with Crippen LogP contribution in [-0.4, -0.2) is 19.0 Å². The minimum atomic E-state index is -0.759. The number of hydrogen-bond donors (Lipinski definition) is 0. The fourth-order valence-corrected chi connectivity index (χ4v) is 7.56. The molecule has 0 N–H and O–H groups in total. The number of hydrogen-bond acceptors (Lipinski definition) is 6. The zero-order chi connectivity index (χ0) is 42.3. The van der Waals surface area contributed by atoms with Gasteiger partial charge in [0.1, 0.15) is 5.75 Å². The number of rotatable bonds is 12. The molecule has 0 atom stereocenters. The first kappa shape index (κ1) is 40.1. The van der Waals surface area contributed by atoms with Gasteiger partial charge in [0.05, 0.1) is 7.11 Å². The molecule has 8 aromatic carbocycles. The molecule has 0 aromatic heterocycles. The Morgan fingerprint density at radius 1 is 0.426 bits per heavy atom. The molecule has 61 heavy (non-hydrogen) atoms. The van der Waals surface area contributed by atoms with Crippen molar-refractivity contribution in [3.05, 3.63) is 234 Å². The van der Waals surface area contributed by atoms with E-state index in [-0.39, 0.29) is 11.2 Å². The van der Waals surface area contributed by atoms with Crippen molar-refractivity contribution in [2.45, 2.75) is 26.2 Å². The highest BCUT2D eigenvalue weighted by atomic mass is 16.7. The number of ether oxygens (including phenoxy) is 2. The van der Waals surface area contributed by atoms with E-state index in [1.165, 1.54) is 12.7 Å². The normalized spacial score (nSPS) is 11.1. The monoisotopic (exact) mass is 798 g/mol. The Morgan fingerprint density at radius 3 is 1.18 bits per heavy atom. The molecule has 0 saturated heterocycles. The van der Waals surface area contributed by atoms with Crippen LogP contribution in [-0.2, 0) is 10.2 Å². The summed E-state index contributed by atoms with van der Waals surface area (Å²) in [6.45, 7) is 6.35. The van der Waals surface area contributed by atoms with Gasteiger partial charge in [0.2, 0.25) is 0 Å². The van der Waals surface area contributed by atoms with Gasteiger partial charge in [-0.25, -0.2) is 4.79 Å². The van der Waals surface area contributed by atoms with E-state index in [0.717, 1.165) is 56.4 Å². The van der Waals surface area contributed by atoms with Gasteiger partial charge in [-0.1, -0.05) is 129 Å². The zero-order valence-electron chi connectivity index (χ0n) is 34.7. The molecule has 0 unspecified atom stereocenters. The highest BCUT2D eigenvalue weighted by molar-refractivity contribution is 6.09. The number of nitrogens with zero attached hydrogens (tertiary/aromatic N) is 2. The summed E-state index contributed by atoms with van der Waals surface area (Å²) >= 11 is 0. The van der Waals surface area contributed by atoms with Crippen molar-refractivity contribution in [2.75, 3.05) is 16.9 Å². The van der Waals surface area contributed by atoms with Gasteiger partial charge in [0, 0.05) is 50.7 Å². The molecule has 6 heteroatoms. The van der Waals surface area contributed by atoms with E-state index in [1.54, 1.807) is 12.1 Å². The Balaban J connectivity index is 0.998. The Bertz CT molecular complexity index is 2710. The van der Waals surface area contributed by atoms with E-state index in [2.05, 4.69) is 145 Å². The van der Waals surface area contributed by atoms with Crippen molar-refractivity contribution >= 4 is 46.1 Å². The molecule has 8 rings (SSSR count). The first-order chi connectivity index (χ1) is 29.7. The average molecular weight is 799 g/mol. The first-order valence-corrected chi connectivity index (χ1v) is 20.3. The van der Waals surface area contributed by atoms with Crippen molar-refractivity contribution in [3.8, 4) is 16.9 Å². The molecule has 0 aliphatic carbocycles. The molecule has 0 heterocycles. The Morgan fingerprint density at radius 2 is 0.770 bits per heavy atom. The van der Waals surface area contributed by atoms with Crippen molar-refractivity contribution in [2.24, 2.45) is 0 Å². The molecule has 0 bridgehead atoms. The standard InChI is InChI=1S/C55H46N2O4/c1-39-15-29-48(30-16-39)56(46-11-7-5-8-12-46)49-31-19-40(20-32-49)41-21-33-50(34-22-41)57(47-13-9-6-10-14-47)51-35-23-43(24-36-51)53(58)42-17-25-44(26-18-42)55(2,3)45-27-37-52(38-28-45)61-54(59)60-4/h5-38H,1-4H3. The van der Waals surface area contributed by atoms with Gasteiger partial charge >= 0.3 is 6.16 Å². The van der Waals surface area contributed by atoms with Crippen LogP contribution < -0.4 is 14.5 Å². The number of carbonyl (C=O) groups excluding carboxylic acids is 2. The highest BCUT2D eigenvalue weighted by Gasteiger charge is 2.24. The van der Waals surface area contributed by atoms with Gasteiger partial charge in [-0.15, -0.1) is 0 Å². The number of para-hydroxylation sites is 2. The van der Waals surface area contributed by atoms with Crippen LogP contribution in [0.4, 0.5) is 38.9 Å². The molecule has 0 spiro atoms. The van der Waals surface area contributed by atoms with Crippen molar-refractivity contribution in [1.29, 1.82) is 0 Å². The fourth-order valence-electron chi connectivity index (χ4n) is 7.56. The number of aryl methyl sites for hydroxylation is 1. The van der Waals surface area contributed by atoms with Gasteiger partial charge in [0.15, 0.2) is 5.78 Å². The van der Waals surface area contributed by atoms with Crippen LogP contribution in [0.25, 0.3) is 11.1 Å². The summed E-state index contributed by atoms with van der Waals surface area (Å²) in [7, 11) is 1.28. The lowest BCUT2D eigenvalue weighted by molar-refractivity contribution is 0.103. The minimum absolute atomic E-state index is 0.0485. The molecule has 6 nitrogen and oxygen atoms in total. The van der Waals surface area contributed by atoms with Gasteiger partial charge in [0.25, 0.3) is 0 Å². The quantitative estimate of drug-likeness (QED) is 0.0697. The van der Waals surface area contributed by atoms with Crippen molar-refractivity contribution < 1.29 is 19.1 Å². The first-order valence-electron chi connectivity index (χ1n) is 20.3. The molecule has 300 valence electrons. The zero-order valence-corrected chi connectivity index (χ0v) is 34.7. The number of ketones is 1. The van der Waals surface area contributed by atoms with Gasteiger partial charge in [-0.05, 0) is 126 Å². The fraction of sp³-hybridized carbons (Fsp3) is 0.0909. The smallest absolute Gasteiger partial charge is 0.437 e. The molecule has 0 amide bonds. The third-order valence-electron chi connectivity index (χ3n) is 11.1. The maximum absolute atomic E-state index is 13.8. The third-order valence-corrected chi connectivity index (χ3v) is 11.1. The predicted octanol–water partition coefficient (Wildman–Crippen LogP) is 14.3. The van der Waals surface area contributed by atoms with E-state index in [1.807, 2.05) is 84.9 Å². The lowest BCUT2D eigenvalue weighted by Crippen LogP contribution is -2.19. The minimum Gasteiger partial charge on any atom is -0.437 e. The largest absolute Gasteiger partial charge is 0.513 e. The second kappa shape index (κ2) is 17.7. The predicted molar refractivity (Wildman–Crippen MR) is 247 cm³/mol. The number of methoxy groups -OCH3 is 1. The number of carbonyl (C=O) groups is 2. The highest BCUT2D eigenvalue weighted by Crippen LogP contribution is 2.39. The van der Waals surface area contributed by atoms with Crippen molar-refractivity contribution in [3.63, 3.8) is 0 Å². The second-order valence-electron chi connectivity index (χ2n) is 15.4. The van der Waals surface area contributed by atoms with Crippen LogP contribution in [0.3, 0.4) is 0 Å². The summed E-state index contributed by atoms with van der Waals surface area (Å²) in [5.74, 6) is 0.360. The molecular formula is C55H46N2O4. The van der Waals surface area contributed by atoms with E-state index < -0.39 is 6.16 Å². The van der Waals surface area contributed by atoms with Gasteiger partial charge in [-0.3, -0.25) is 4.79 Å². The lowest BCUT2D eigenvalue weighted by Gasteiger charge is -2.26. The Kier molecular flexibility index (Phi) is 11.6. The van der Waals surface area contributed by atoms with Crippen LogP contribution in [0.2, 0.25) is 0 Å². The average Bonchev–Trinajstić information content (AvgIpc) is 3.31. The van der Waals surface area contributed by atoms with Crippen LogP contribution in [0.5, 0.6) is 5.75 Å². The summed E-state index contributed by atoms with van der Waals surface area (Å²) in [5, 5.41) is 0. The van der Waals surface area contributed by atoms with Crippen LogP contribution in [0, 0.1) is 6.92 Å². The van der Waals surface area contributed by atoms with Crippen LogP contribution in [0.1, 0.15) is 46.5 Å². The van der Waals surface area contributed by atoms with E-state index in [4.69, 9.17) is 4.74 Å².